The predicted octanol–water partition coefficient (Wildman–Crippen LogP) is 3.90. The van der Waals surface area contributed by atoms with Crippen molar-refractivity contribution in [3.63, 3.8) is 0 Å². The Morgan fingerprint density at radius 1 is 0.870 bits per heavy atom. The van der Waals surface area contributed by atoms with Gasteiger partial charge >= 0.3 is 5.97 Å². The maximum Gasteiger partial charge on any atom is 0.372 e. The average molecular weight is 307 g/mol. The molecule has 5 heteroatoms. The van der Waals surface area contributed by atoms with Crippen LogP contribution in [0.1, 0.15) is 20.9 Å². The van der Waals surface area contributed by atoms with Gasteiger partial charge in [-0.3, -0.25) is 4.79 Å². The molecule has 0 saturated heterocycles. The maximum atomic E-state index is 12.1. The van der Waals surface area contributed by atoms with E-state index in [9.17, 15) is 9.59 Å². The highest BCUT2D eigenvalue weighted by atomic mass is 16.4. The van der Waals surface area contributed by atoms with Crippen LogP contribution in [0.2, 0.25) is 0 Å². The molecule has 0 unspecified atom stereocenters. The van der Waals surface area contributed by atoms with E-state index in [1.807, 2.05) is 42.5 Å². The first kappa shape index (κ1) is 14.6. The lowest BCUT2D eigenvalue weighted by Crippen LogP contribution is -2.14. The van der Waals surface area contributed by atoms with Crippen LogP contribution in [0.5, 0.6) is 0 Å². The SMILES string of the molecule is O=C(Nc1ccc(-c2ccccc2)cc1)c1ccoc1C(=O)O. The van der Waals surface area contributed by atoms with Crippen LogP contribution in [0.3, 0.4) is 0 Å². The number of rotatable bonds is 4. The minimum atomic E-state index is -1.28. The number of furan rings is 1. The first-order chi connectivity index (χ1) is 11.1. The fourth-order valence-electron chi connectivity index (χ4n) is 2.23. The van der Waals surface area contributed by atoms with E-state index in [0.29, 0.717) is 5.69 Å². The number of hydrogen-bond acceptors (Lipinski definition) is 3. The average Bonchev–Trinajstić information content (AvgIpc) is 3.06. The molecule has 2 aromatic carbocycles. The van der Waals surface area contributed by atoms with Gasteiger partial charge in [0.2, 0.25) is 5.76 Å². The lowest BCUT2D eigenvalue weighted by molar-refractivity contribution is 0.0657. The van der Waals surface area contributed by atoms with Crippen LogP contribution in [0.25, 0.3) is 11.1 Å². The predicted molar refractivity (Wildman–Crippen MR) is 85.5 cm³/mol. The third-order valence-electron chi connectivity index (χ3n) is 3.35. The van der Waals surface area contributed by atoms with Crippen molar-refractivity contribution in [2.24, 2.45) is 0 Å². The smallest absolute Gasteiger partial charge is 0.372 e. The molecule has 23 heavy (non-hydrogen) atoms. The minimum absolute atomic E-state index is 0.00960. The molecule has 0 aliphatic rings. The fourth-order valence-corrected chi connectivity index (χ4v) is 2.23. The standard InChI is InChI=1S/C18H13NO4/c20-17(15-10-11-23-16(15)18(21)22)19-14-8-6-13(7-9-14)12-4-2-1-3-5-12/h1-11H,(H,19,20)(H,21,22). The van der Waals surface area contributed by atoms with Crippen molar-refractivity contribution in [1.29, 1.82) is 0 Å². The molecule has 0 atom stereocenters. The Bertz CT molecular complexity index is 835. The summed E-state index contributed by atoms with van der Waals surface area (Å²) in [5.41, 5.74) is 2.67. The first-order valence-corrected chi connectivity index (χ1v) is 6.93. The quantitative estimate of drug-likeness (QED) is 0.766. The van der Waals surface area contributed by atoms with Crippen molar-refractivity contribution >= 4 is 17.6 Å². The lowest BCUT2D eigenvalue weighted by atomic mass is 10.1. The Hall–Kier alpha value is -3.34. The van der Waals surface area contributed by atoms with Gasteiger partial charge in [0.1, 0.15) is 0 Å². The zero-order valence-electron chi connectivity index (χ0n) is 12.0. The van der Waals surface area contributed by atoms with Gasteiger partial charge in [-0.05, 0) is 29.3 Å². The summed E-state index contributed by atoms with van der Waals surface area (Å²) in [5, 5.41) is 11.6. The molecule has 3 aromatic rings. The summed E-state index contributed by atoms with van der Waals surface area (Å²) in [4.78, 5) is 23.1. The second-order valence-electron chi connectivity index (χ2n) is 4.87. The molecule has 0 saturated carbocycles. The topological polar surface area (TPSA) is 79.5 Å². The number of hydrogen-bond donors (Lipinski definition) is 2. The van der Waals surface area contributed by atoms with Gasteiger partial charge in [-0.15, -0.1) is 0 Å². The monoisotopic (exact) mass is 307 g/mol. The van der Waals surface area contributed by atoms with E-state index in [-0.39, 0.29) is 11.3 Å². The van der Waals surface area contributed by atoms with Gasteiger partial charge in [0.05, 0.1) is 11.8 Å². The van der Waals surface area contributed by atoms with Gasteiger partial charge < -0.3 is 14.8 Å². The summed E-state index contributed by atoms with van der Waals surface area (Å²) < 4.78 is 4.80. The van der Waals surface area contributed by atoms with E-state index in [2.05, 4.69) is 5.32 Å². The zero-order valence-corrected chi connectivity index (χ0v) is 12.0. The zero-order chi connectivity index (χ0) is 16.2. The molecule has 2 N–H and O–H groups in total. The fraction of sp³-hybridized carbons (Fsp3) is 0. The molecule has 0 aliphatic carbocycles. The number of benzene rings is 2. The van der Waals surface area contributed by atoms with Gasteiger partial charge in [0.25, 0.3) is 5.91 Å². The largest absolute Gasteiger partial charge is 0.475 e. The Morgan fingerprint density at radius 2 is 1.52 bits per heavy atom. The molecule has 1 heterocycles. The molecule has 114 valence electrons. The van der Waals surface area contributed by atoms with Crippen LogP contribution < -0.4 is 5.32 Å². The van der Waals surface area contributed by atoms with Crippen molar-refractivity contribution in [2.45, 2.75) is 0 Å². The highest BCUT2D eigenvalue weighted by Crippen LogP contribution is 2.21. The highest BCUT2D eigenvalue weighted by Gasteiger charge is 2.20. The second-order valence-corrected chi connectivity index (χ2v) is 4.87. The van der Waals surface area contributed by atoms with E-state index < -0.39 is 11.9 Å². The molecule has 1 aromatic heterocycles. The van der Waals surface area contributed by atoms with Crippen LogP contribution in [0.4, 0.5) is 5.69 Å². The van der Waals surface area contributed by atoms with E-state index in [4.69, 9.17) is 9.52 Å². The Kier molecular flexibility index (Phi) is 3.93. The van der Waals surface area contributed by atoms with Gasteiger partial charge in [0.15, 0.2) is 0 Å². The van der Waals surface area contributed by atoms with Gasteiger partial charge in [0, 0.05) is 5.69 Å². The summed E-state index contributed by atoms with van der Waals surface area (Å²) in [5.74, 6) is -2.17. The third-order valence-corrected chi connectivity index (χ3v) is 3.35. The molecule has 3 rings (SSSR count). The first-order valence-electron chi connectivity index (χ1n) is 6.93. The number of carboxylic acids is 1. The molecule has 0 bridgehead atoms. The molecule has 0 aliphatic heterocycles. The van der Waals surface area contributed by atoms with Gasteiger partial charge in [-0.1, -0.05) is 42.5 Å². The van der Waals surface area contributed by atoms with Crippen molar-refractivity contribution in [1.82, 2.24) is 0 Å². The molecule has 0 spiro atoms. The van der Waals surface area contributed by atoms with Crippen LogP contribution in [0, 0.1) is 0 Å². The van der Waals surface area contributed by atoms with E-state index in [1.165, 1.54) is 12.3 Å². The summed E-state index contributed by atoms with van der Waals surface area (Å²) in [6.07, 6.45) is 1.18. The van der Waals surface area contributed by atoms with Crippen LogP contribution in [-0.4, -0.2) is 17.0 Å². The molecular formula is C18H13NO4. The van der Waals surface area contributed by atoms with Crippen molar-refractivity contribution in [3.8, 4) is 11.1 Å². The Labute approximate surface area is 132 Å². The number of amides is 1. The highest BCUT2D eigenvalue weighted by molar-refractivity contribution is 6.09. The minimum Gasteiger partial charge on any atom is -0.475 e. The number of carbonyl (C=O) groups excluding carboxylic acids is 1. The van der Waals surface area contributed by atoms with Crippen molar-refractivity contribution < 1.29 is 19.1 Å². The van der Waals surface area contributed by atoms with E-state index in [1.54, 1.807) is 12.1 Å². The molecule has 1 amide bonds. The van der Waals surface area contributed by atoms with Crippen LogP contribution >= 0.6 is 0 Å². The van der Waals surface area contributed by atoms with E-state index in [0.717, 1.165) is 11.1 Å². The Morgan fingerprint density at radius 3 is 2.17 bits per heavy atom. The maximum absolute atomic E-state index is 12.1. The van der Waals surface area contributed by atoms with Crippen LogP contribution in [0.15, 0.2) is 71.3 Å². The summed E-state index contributed by atoms with van der Waals surface area (Å²) >= 11 is 0. The molecule has 5 nitrogen and oxygen atoms in total. The number of carboxylic acid groups (broad SMARTS) is 1. The van der Waals surface area contributed by atoms with Gasteiger partial charge in [-0.2, -0.15) is 0 Å². The van der Waals surface area contributed by atoms with Crippen molar-refractivity contribution in [2.75, 3.05) is 5.32 Å². The van der Waals surface area contributed by atoms with Crippen molar-refractivity contribution in [3.05, 3.63) is 78.3 Å². The number of nitrogens with one attached hydrogen (secondary N) is 1. The molecular weight excluding hydrogens is 294 g/mol. The Balaban J connectivity index is 1.77. The molecule has 0 radical (unpaired) electrons. The number of carbonyl (C=O) groups is 2. The lowest BCUT2D eigenvalue weighted by Gasteiger charge is -2.06. The second kappa shape index (κ2) is 6.19. The summed E-state index contributed by atoms with van der Waals surface area (Å²) in [7, 11) is 0. The normalized spacial score (nSPS) is 10.3. The van der Waals surface area contributed by atoms with Crippen LogP contribution in [-0.2, 0) is 0 Å². The summed E-state index contributed by atoms with van der Waals surface area (Å²) in [6.45, 7) is 0. The van der Waals surface area contributed by atoms with Gasteiger partial charge in [-0.25, -0.2) is 4.79 Å². The third kappa shape index (κ3) is 3.13. The molecule has 0 fully saturated rings. The summed E-state index contributed by atoms with van der Waals surface area (Å²) in [6, 6.07) is 18.5. The number of aromatic carboxylic acids is 1. The number of anilines is 1. The van der Waals surface area contributed by atoms with E-state index >= 15 is 0 Å².